The van der Waals surface area contributed by atoms with Crippen molar-refractivity contribution in [3.8, 4) is 5.75 Å². The van der Waals surface area contributed by atoms with Crippen LogP contribution in [0.1, 0.15) is 16.7 Å². The second-order valence-electron chi connectivity index (χ2n) is 6.31. The van der Waals surface area contributed by atoms with Crippen LogP contribution in [-0.4, -0.2) is 32.3 Å². The molecule has 0 heterocycles. The summed E-state index contributed by atoms with van der Waals surface area (Å²) in [5, 5.41) is 3.03. The molecule has 1 aliphatic rings. The van der Waals surface area contributed by atoms with Crippen molar-refractivity contribution in [1.82, 2.24) is 5.32 Å². The van der Waals surface area contributed by atoms with E-state index in [1.54, 1.807) is 14.2 Å². The Morgan fingerprint density at radius 3 is 2.42 bits per heavy atom. The predicted octanol–water partition coefficient (Wildman–Crippen LogP) is 2.54. The zero-order valence-electron chi connectivity index (χ0n) is 14.2. The minimum atomic E-state index is -0.340. The lowest BCUT2D eigenvalue weighted by molar-refractivity contribution is -0.122. The van der Waals surface area contributed by atoms with Crippen LogP contribution in [0.25, 0.3) is 0 Å². The van der Waals surface area contributed by atoms with Crippen LogP contribution in [0.3, 0.4) is 0 Å². The highest BCUT2D eigenvalue weighted by atomic mass is 16.5. The average molecular weight is 325 g/mol. The molecule has 0 aromatic heterocycles. The lowest BCUT2D eigenvalue weighted by Crippen LogP contribution is -2.45. The predicted molar refractivity (Wildman–Crippen MR) is 93.3 cm³/mol. The number of nitrogens with one attached hydrogen (secondary N) is 1. The van der Waals surface area contributed by atoms with Crippen LogP contribution < -0.4 is 10.1 Å². The van der Waals surface area contributed by atoms with Gasteiger partial charge >= 0.3 is 0 Å². The standard InChI is InChI=1S/C20H23NO3/c1-23-18-9-5-6-15(10-18)11-19(22)21-14-20(24-2)12-16-7-3-4-8-17(16)13-20/h3-10H,11-14H2,1-2H3,(H,21,22). The molecule has 126 valence electrons. The first-order chi connectivity index (χ1) is 11.6. The number of carbonyl (C=O) groups is 1. The number of hydrogen-bond donors (Lipinski definition) is 1. The summed E-state index contributed by atoms with van der Waals surface area (Å²) >= 11 is 0. The van der Waals surface area contributed by atoms with Gasteiger partial charge in [0.2, 0.25) is 5.91 Å². The Morgan fingerprint density at radius 2 is 1.79 bits per heavy atom. The van der Waals surface area contributed by atoms with Gasteiger partial charge in [-0.1, -0.05) is 36.4 Å². The molecule has 0 spiro atoms. The molecule has 2 aromatic rings. The zero-order valence-corrected chi connectivity index (χ0v) is 14.2. The lowest BCUT2D eigenvalue weighted by atomic mass is 10.00. The first kappa shape index (κ1) is 16.5. The largest absolute Gasteiger partial charge is 0.497 e. The Morgan fingerprint density at radius 1 is 1.08 bits per heavy atom. The highest BCUT2D eigenvalue weighted by Gasteiger charge is 2.37. The molecule has 1 aliphatic carbocycles. The lowest BCUT2D eigenvalue weighted by Gasteiger charge is -2.27. The zero-order chi connectivity index (χ0) is 17.0. The van der Waals surface area contributed by atoms with Crippen molar-refractivity contribution in [3.05, 3.63) is 65.2 Å². The normalized spacial score (nSPS) is 14.9. The summed E-state index contributed by atoms with van der Waals surface area (Å²) in [4.78, 5) is 12.3. The molecule has 0 saturated carbocycles. The van der Waals surface area contributed by atoms with Crippen LogP contribution in [-0.2, 0) is 28.8 Å². The number of amides is 1. The van der Waals surface area contributed by atoms with Gasteiger partial charge < -0.3 is 14.8 Å². The number of carbonyl (C=O) groups excluding carboxylic acids is 1. The van der Waals surface area contributed by atoms with E-state index in [1.165, 1.54) is 11.1 Å². The topological polar surface area (TPSA) is 47.6 Å². The average Bonchev–Trinajstić information content (AvgIpc) is 2.99. The molecule has 0 fully saturated rings. The summed E-state index contributed by atoms with van der Waals surface area (Å²) < 4.78 is 11.0. The Hall–Kier alpha value is -2.33. The summed E-state index contributed by atoms with van der Waals surface area (Å²) in [5.41, 5.74) is 3.21. The molecule has 4 heteroatoms. The fourth-order valence-corrected chi connectivity index (χ4v) is 3.29. The van der Waals surface area contributed by atoms with Crippen LogP contribution in [0.2, 0.25) is 0 Å². The van der Waals surface area contributed by atoms with E-state index in [1.807, 2.05) is 36.4 Å². The summed E-state index contributed by atoms with van der Waals surface area (Å²) in [6, 6.07) is 15.9. The minimum Gasteiger partial charge on any atom is -0.497 e. The van der Waals surface area contributed by atoms with E-state index in [0.717, 1.165) is 24.2 Å². The highest BCUT2D eigenvalue weighted by Crippen LogP contribution is 2.32. The molecule has 1 N–H and O–H groups in total. The van der Waals surface area contributed by atoms with E-state index in [-0.39, 0.29) is 11.5 Å². The molecular weight excluding hydrogens is 302 g/mol. The van der Waals surface area contributed by atoms with Gasteiger partial charge in [0.25, 0.3) is 0 Å². The van der Waals surface area contributed by atoms with Crippen molar-refractivity contribution in [1.29, 1.82) is 0 Å². The summed E-state index contributed by atoms with van der Waals surface area (Å²) in [6.07, 6.45) is 2.00. The van der Waals surface area contributed by atoms with Gasteiger partial charge in [-0.15, -0.1) is 0 Å². The Kier molecular flexibility index (Phi) is 4.86. The second kappa shape index (κ2) is 7.05. The Bertz CT molecular complexity index is 701. The monoisotopic (exact) mass is 325 g/mol. The van der Waals surface area contributed by atoms with E-state index in [9.17, 15) is 4.79 Å². The van der Waals surface area contributed by atoms with Gasteiger partial charge in [0.15, 0.2) is 0 Å². The van der Waals surface area contributed by atoms with Gasteiger partial charge in [0.05, 0.1) is 19.1 Å². The quantitative estimate of drug-likeness (QED) is 0.888. The van der Waals surface area contributed by atoms with Crippen molar-refractivity contribution in [2.45, 2.75) is 24.9 Å². The molecule has 4 nitrogen and oxygen atoms in total. The summed E-state index contributed by atoms with van der Waals surface area (Å²) in [7, 11) is 3.35. The number of methoxy groups -OCH3 is 2. The van der Waals surface area contributed by atoms with Crippen molar-refractivity contribution >= 4 is 5.91 Å². The smallest absolute Gasteiger partial charge is 0.224 e. The molecule has 24 heavy (non-hydrogen) atoms. The molecule has 0 saturated heterocycles. The maximum absolute atomic E-state index is 12.3. The van der Waals surface area contributed by atoms with E-state index < -0.39 is 0 Å². The fraction of sp³-hybridized carbons (Fsp3) is 0.350. The van der Waals surface area contributed by atoms with E-state index in [0.29, 0.717) is 13.0 Å². The van der Waals surface area contributed by atoms with E-state index >= 15 is 0 Å². The second-order valence-corrected chi connectivity index (χ2v) is 6.31. The van der Waals surface area contributed by atoms with Gasteiger partial charge in [-0.3, -0.25) is 4.79 Å². The Balaban J connectivity index is 1.59. The molecule has 0 radical (unpaired) electrons. The number of ether oxygens (including phenoxy) is 2. The highest BCUT2D eigenvalue weighted by molar-refractivity contribution is 5.78. The molecule has 1 amide bonds. The first-order valence-electron chi connectivity index (χ1n) is 8.16. The third-order valence-corrected chi connectivity index (χ3v) is 4.68. The van der Waals surface area contributed by atoms with Crippen LogP contribution in [0, 0.1) is 0 Å². The van der Waals surface area contributed by atoms with Gasteiger partial charge in [-0.25, -0.2) is 0 Å². The molecule has 3 rings (SSSR count). The third kappa shape index (κ3) is 3.60. The molecular formula is C20H23NO3. The Labute approximate surface area is 142 Å². The van der Waals surface area contributed by atoms with Gasteiger partial charge in [0, 0.05) is 26.5 Å². The number of hydrogen-bond acceptors (Lipinski definition) is 3. The van der Waals surface area contributed by atoms with Crippen molar-refractivity contribution in [3.63, 3.8) is 0 Å². The van der Waals surface area contributed by atoms with Crippen LogP contribution in [0.4, 0.5) is 0 Å². The van der Waals surface area contributed by atoms with Crippen molar-refractivity contribution < 1.29 is 14.3 Å². The van der Waals surface area contributed by atoms with E-state index in [4.69, 9.17) is 9.47 Å². The molecule has 0 aliphatic heterocycles. The maximum atomic E-state index is 12.3. The van der Waals surface area contributed by atoms with Crippen LogP contribution in [0.5, 0.6) is 5.75 Å². The molecule has 0 bridgehead atoms. The van der Waals surface area contributed by atoms with Gasteiger partial charge in [-0.2, -0.15) is 0 Å². The first-order valence-corrected chi connectivity index (χ1v) is 8.16. The summed E-state index contributed by atoms with van der Waals surface area (Å²) in [6.45, 7) is 0.515. The third-order valence-electron chi connectivity index (χ3n) is 4.68. The van der Waals surface area contributed by atoms with Crippen molar-refractivity contribution in [2.75, 3.05) is 20.8 Å². The molecule has 0 atom stereocenters. The van der Waals surface area contributed by atoms with Crippen LogP contribution in [0.15, 0.2) is 48.5 Å². The van der Waals surface area contributed by atoms with E-state index in [2.05, 4.69) is 17.4 Å². The van der Waals surface area contributed by atoms with Crippen molar-refractivity contribution in [2.24, 2.45) is 0 Å². The minimum absolute atomic E-state index is 0.00404. The summed E-state index contributed by atoms with van der Waals surface area (Å²) in [5.74, 6) is 0.760. The SMILES string of the molecule is COc1cccc(CC(=O)NCC2(OC)Cc3ccccc3C2)c1. The number of rotatable bonds is 6. The van der Waals surface area contributed by atoms with Gasteiger partial charge in [-0.05, 0) is 28.8 Å². The number of fused-ring (bicyclic) bond motifs is 1. The fourth-order valence-electron chi connectivity index (χ4n) is 3.29. The number of benzene rings is 2. The van der Waals surface area contributed by atoms with Crippen LogP contribution >= 0.6 is 0 Å². The van der Waals surface area contributed by atoms with Gasteiger partial charge in [0.1, 0.15) is 5.75 Å². The molecule has 2 aromatic carbocycles. The maximum Gasteiger partial charge on any atom is 0.224 e. The molecule has 0 unspecified atom stereocenters.